The first-order chi connectivity index (χ1) is 9.06. The van der Waals surface area contributed by atoms with Crippen LogP contribution in [0.15, 0.2) is 36.9 Å². The molecule has 0 saturated heterocycles. The number of anilines is 1. The van der Waals surface area contributed by atoms with Crippen molar-refractivity contribution < 1.29 is 0 Å². The van der Waals surface area contributed by atoms with E-state index in [9.17, 15) is 0 Å². The minimum atomic E-state index is 0.254. The number of nitrogens with one attached hydrogen (secondary N) is 1. The number of hydrogen-bond donors (Lipinski definition) is 2. The van der Waals surface area contributed by atoms with Crippen LogP contribution in [0.5, 0.6) is 0 Å². The Bertz CT molecular complexity index is 563. The number of aromatic nitrogens is 2. The van der Waals surface area contributed by atoms with Crippen molar-refractivity contribution in [3.05, 3.63) is 48.0 Å². The molecule has 100 valence electrons. The van der Waals surface area contributed by atoms with E-state index in [-0.39, 0.29) is 6.04 Å². The summed E-state index contributed by atoms with van der Waals surface area (Å²) in [5.74, 6) is 0. The number of imidazole rings is 1. The van der Waals surface area contributed by atoms with Gasteiger partial charge in [-0.05, 0) is 31.5 Å². The summed E-state index contributed by atoms with van der Waals surface area (Å²) in [5, 5.41) is 3.45. The van der Waals surface area contributed by atoms with E-state index in [1.165, 1.54) is 5.56 Å². The first-order valence-corrected chi connectivity index (χ1v) is 6.60. The van der Waals surface area contributed by atoms with Gasteiger partial charge in [-0.1, -0.05) is 18.3 Å². The van der Waals surface area contributed by atoms with Crippen LogP contribution in [0.4, 0.5) is 5.69 Å². The number of nitrogens with two attached hydrogens (primary N) is 1. The Hall–Kier alpha value is -1.88. The fraction of sp³-hybridized carbons (Fsp3) is 0.286. The van der Waals surface area contributed by atoms with Crippen LogP contribution in [0.1, 0.15) is 18.1 Å². The highest BCUT2D eigenvalue weighted by molar-refractivity contribution is 7.80. The molecule has 5 heteroatoms. The van der Waals surface area contributed by atoms with Gasteiger partial charge >= 0.3 is 0 Å². The molecule has 1 aromatic heterocycles. The predicted octanol–water partition coefficient (Wildman–Crippen LogP) is 2.33. The lowest BCUT2D eigenvalue weighted by molar-refractivity contribution is 0.619. The van der Waals surface area contributed by atoms with Crippen LogP contribution in [0.3, 0.4) is 0 Å². The van der Waals surface area contributed by atoms with Crippen molar-refractivity contribution in [1.29, 1.82) is 0 Å². The van der Waals surface area contributed by atoms with E-state index in [1.807, 2.05) is 29.2 Å². The summed E-state index contributed by atoms with van der Waals surface area (Å²) in [6.07, 6.45) is 5.53. The van der Waals surface area contributed by atoms with E-state index in [2.05, 4.69) is 30.2 Å². The molecule has 0 aliphatic carbocycles. The first kappa shape index (κ1) is 13.5. The molecule has 0 aliphatic heterocycles. The number of thiocarbonyl (C=S) groups is 1. The minimum absolute atomic E-state index is 0.254. The maximum absolute atomic E-state index is 5.75. The Balaban J connectivity index is 2.13. The van der Waals surface area contributed by atoms with Gasteiger partial charge in [0.05, 0.1) is 6.33 Å². The average Bonchev–Trinajstić information content (AvgIpc) is 2.81. The van der Waals surface area contributed by atoms with E-state index in [0.717, 1.165) is 17.8 Å². The zero-order valence-electron chi connectivity index (χ0n) is 11.1. The largest absolute Gasteiger partial charge is 0.389 e. The van der Waals surface area contributed by atoms with Crippen molar-refractivity contribution in [3.63, 3.8) is 0 Å². The SMILES string of the molecule is Cc1ccc(C(N)=S)c(NC(C)Cn2ccnc2)c1. The van der Waals surface area contributed by atoms with Crippen molar-refractivity contribution >= 4 is 22.9 Å². The predicted molar refractivity (Wildman–Crippen MR) is 82.4 cm³/mol. The smallest absolute Gasteiger partial charge is 0.106 e. The van der Waals surface area contributed by atoms with Gasteiger partial charge in [0.1, 0.15) is 4.99 Å². The number of nitrogens with zero attached hydrogens (tertiary/aromatic N) is 2. The van der Waals surface area contributed by atoms with Gasteiger partial charge in [0.15, 0.2) is 0 Å². The molecule has 1 heterocycles. The molecule has 0 saturated carbocycles. The molecular weight excluding hydrogens is 256 g/mol. The normalized spacial score (nSPS) is 12.1. The lowest BCUT2D eigenvalue weighted by Gasteiger charge is -2.18. The van der Waals surface area contributed by atoms with Crippen LogP contribution in [-0.4, -0.2) is 20.6 Å². The van der Waals surface area contributed by atoms with Gasteiger partial charge in [0.25, 0.3) is 0 Å². The third-order valence-electron chi connectivity index (χ3n) is 2.89. The van der Waals surface area contributed by atoms with Crippen LogP contribution in [0.25, 0.3) is 0 Å². The maximum atomic E-state index is 5.75. The Kier molecular flexibility index (Phi) is 4.16. The highest BCUT2D eigenvalue weighted by Crippen LogP contribution is 2.18. The van der Waals surface area contributed by atoms with E-state index in [1.54, 1.807) is 6.20 Å². The van der Waals surface area contributed by atoms with Crippen molar-refractivity contribution in [2.24, 2.45) is 5.73 Å². The van der Waals surface area contributed by atoms with Gasteiger partial charge in [0.2, 0.25) is 0 Å². The molecule has 2 rings (SSSR count). The number of rotatable bonds is 5. The third kappa shape index (κ3) is 3.54. The second-order valence-corrected chi connectivity index (χ2v) is 5.16. The molecule has 0 spiro atoms. The summed E-state index contributed by atoms with van der Waals surface area (Å²) in [6, 6.07) is 6.30. The van der Waals surface area contributed by atoms with Crippen LogP contribution >= 0.6 is 12.2 Å². The Morgan fingerprint density at radius 2 is 2.32 bits per heavy atom. The van der Waals surface area contributed by atoms with Gasteiger partial charge in [-0.15, -0.1) is 0 Å². The van der Waals surface area contributed by atoms with E-state index < -0.39 is 0 Å². The van der Waals surface area contributed by atoms with Crippen molar-refractivity contribution in [2.75, 3.05) is 5.32 Å². The molecule has 0 fully saturated rings. The maximum Gasteiger partial charge on any atom is 0.106 e. The van der Waals surface area contributed by atoms with Gasteiger partial charge in [-0.2, -0.15) is 0 Å². The Morgan fingerprint density at radius 3 is 2.95 bits per heavy atom. The molecule has 0 bridgehead atoms. The lowest BCUT2D eigenvalue weighted by Crippen LogP contribution is -2.23. The molecule has 3 N–H and O–H groups in total. The van der Waals surface area contributed by atoms with E-state index >= 15 is 0 Å². The van der Waals surface area contributed by atoms with Crippen LogP contribution in [0, 0.1) is 6.92 Å². The van der Waals surface area contributed by atoms with Crippen LogP contribution in [-0.2, 0) is 6.54 Å². The van der Waals surface area contributed by atoms with Gasteiger partial charge in [0, 0.05) is 36.2 Å². The van der Waals surface area contributed by atoms with Crippen molar-refractivity contribution in [2.45, 2.75) is 26.4 Å². The second-order valence-electron chi connectivity index (χ2n) is 4.72. The standard InChI is InChI=1S/C14H18N4S/c1-10-3-4-12(14(15)19)13(7-10)17-11(2)8-18-6-5-16-9-18/h3-7,9,11,17H,8H2,1-2H3,(H2,15,19). The minimum Gasteiger partial charge on any atom is -0.389 e. The number of hydrogen-bond acceptors (Lipinski definition) is 3. The highest BCUT2D eigenvalue weighted by atomic mass is 32.1. The zero-order chi connectivity index (χ0) is 13.8. The molecule has 1 unspecified atom stereocenters. The summed E-state index contributed by atoms with van der Waals surface area (Å²) in [7, 11) is 0. The molecule has 0 aliphatic rings. The fourth-order valence-electron chi connectivity index (χ4n) is 2.01. The summed E-state index contributed by atoms with van der Waals surface area (Å²) < 4.78 is 2.04. The van der Waals surface area contributed by atoms with Crippen molar-refractivity contribution in [1.82, 2.24) is 9.55 Å². The highest BCUT2D eigenvalue weighted by Gasteiger charge is 2.09. The summed E-state index contributed by atoms with van der Waals surface area (Å²) in [5.41, 5.74) is 8.80. The van der Waals surface area contributed by atoms with Crippen LogP contribution < -0.4 is 11.1 Å². The topological polar surface area (TPSA) is 55.9 Å². The van der Waals surface area contributed by atoms with E-state index in [0.29, 0.717) is 4.99 Å². The Labute approximate surface area is 118 Å². The molecule has 4 nitrogen and oxygen atoms in total. The van der Waals surface area contributed by atoms with Gasteiger partial charge < -0.3 is 15.6 Å². The number of aryl methyl sites for hydroxylation is 1. The molecule has 19 heavy (non-hydrogen) atoms. The average molecular weight is 274 g/mol. The summed E-state index contributed by atoms with van der Waals surface area (Å²) in [4.78, 5) is 4.45. The summed E-state index contributed by atoms with van der Waals surface area (Å²) >= 11 is 5.08. The second kappa shape index (κ2) is 5.84. The van der Waals surface area contributed by atoms with Crippen molar-refractivity contribution in [3.8, 4) is 0 Å². The third-order valence-corrected chi connectivity index (χ3v) is 3.11. The van der Waals surface area contributed by atoms with Gasteiger partial charge in [-0.25, -0.2) is 4.98 Å². The lowest BCUT2D eigenvalue weighted by atomic mass is 10.1. The van der Waals surface area contributed by atoms with Gasteiger partial charge in [-0.3, -0.25) is 0 Å². The fourth-order valence-corrected chi connectivity index (χ4v) is 2.19. The first-order valence-electron chi connectivity index (χ1n) is 6.19. The Morgan fingerprint density at radius 1 is 1.53 bits per heavy atom. The molecule has 0 radical (unpaired) electrons. The molecule has 1 aromatic carbocycles. The molecule has 0 amide bonds. The molecule has 2 aromatic rings. The quantitative estimate of drug-likeness (QED) is 0.822. The zero-order valence-corrected chi connectivity index (χ0v) is 11.9. The monoisotopic (exact) mass is 274 g/mol. The van der Waals surface area contributed by atoms with E-state index in [4.69, 9.17) is 18.0 Å². The molecular formula is C14H18N4S. The van der Waals surface area contributed by atoms with Crippen LogP contribution in [0.2, 0.25) is 0 Å². The number of benzene rings is 1. The summed E-state index contributed by atoms with van der Waals surface area (Å²) in [6.45, 7) is 5.01. The molecule has 1 atom stereocenters.